The number of nitrogens with one attached hydrogen (secondary N) is 1. The van der Waals surface area contributed by atoms with E-state index >= 15 is 0 Å². The van der Waals surface area contributed by atoms with E-state index in [2.05, 4.69) is 11.1 Å². The van der Waals surface area contributed by atoms with Crippen LogP contribution in [0.5, 0.6) is 0 Å². The molecule has 0 radical (unpaired) electrons. The van der Waals surface area contributed by atoms with Crippen LogP contribution in [-0.2, 0) is 9.53 Å². The van der Waals surface area contributed by atoms with E-state index in [1.165, 1.54) is 12.1 Å². The molecule has 1 amide bonds. The lowest BCUT2D eigenvalue weighted by atomic mass is 9.97. The second kappa shape index (κ2) is 8.37. The van der Waals surface area contributed by atoms with Crippen molar-refractivity contribution in [2.75, 3.05) is 13.2 Å². The lowest BCUT2D eigenvalue weighted by Gasteiger charge is -2.26. The summed E-state index contributed by atoms with van der Waals surface area (Å²) in [7, 11) is 0. The molecule has 1 atom stereocenters. The lowest BCUT2D eigenvalue weighted by Crippen LogP contribution is -2.29. The number of benzene rings is 2. The van der Waals surface area contributed by atoms with Crippen LogP contribution < -0.4 is 0 Å². The molecule has 5 heteroatoms. The van der Waals surface area contributed by atoms with Crippen LogP contribution in [0.25, 0.3) is 22.2 Å². The number of fused-ring (bicyclic) bond motifs is 1. The van der Waals surface area contributed by atoms with Crippen molar-refractivity contribution in [3.05, 3.63) is 59.9 Å². The number of ether oxygens (including phenoxy) is 1. The fourth-order valence-corrected chi connectivity index (χ4v) is 4.22. The standard InChI is InChI=1S/C24H27FN2O2/c1-16(2)29-15-5-14-27-21(12-13-22(27)28)23-19-6-3-4-7-20(19)26-24(23)17-8-10-18(25)11-9-17/h3-4,6-11,16,21,26H,5,12-15H2,1-2H3/t21-/m1/s1. The fourth-order valence-electron chi connectivity index (χ4n) is 4.22. The normalized spacial score (nSPS) is 17.0. The largest absolute Gasteiger partial charge is 0.379 e. The molecule has 0 bridgehead atoms. The SMILES string of the molecule is CC(C)OCCCN1C(=O)CC[C@@H]1c1c(-c2ccc(F)cc2)[nH]c2ccccc12. The van der Waals surface area contributed by atoms with E-state index in [1.54, 1.807) is 12.1 Å². The van der Waals surface area contributed by atoms with Gasteiger partial charge in [-0.3, -0.25) is 4.79 Å². The highest BCUT2D eigenvalue weighted by Crippen LogP contribution is 2.42. The van der Waals surface area contributed by atoms with Crippen LogP contribution in [0.3, 0.4) is 0 Å². The van der Waals surface area contributed by atoms with Crippen LogP contribution in [0.1, 0.15) is 44.7 Å². The Bertz CT molecular complexity index is 994. The van der Waals surface area contributed by atoms with E-state index in [1.807, 2.05) is 36.9 Å². The van der Waals surface area contributed by atoms with Gasteiger partial charge in [-0.25, -0.2) is 4.39 Å². The summed E-state index contributed by atoms with van der Waals surface area (Å²) in [6.45, 7) is 5.36. The molecule has 0 saturated carbocycles. The third kappa shape index (κ3) is 4.06. The summed E-state index contributed by atoms with van der Waals surface area (Å²) in [5.74, 6) is -0.0656. The summed E-state index contributed by atoms with van der Waals surface area (Å²) in [5, 5.41) is 1.12. The molecule has 1 saturated heterocycles. The van der Waals surface area contributed by atoms with Gasteiger partial charge in [0.05, 0.1) is 17.8 Å². The molecular weight excluding hydrogens is 367 g/mol. The Labute approximate surface area is 170 Å². The number of H-pyrrole nitrogens is 1. The van der Waals surface area contributed by atoms with E-state index in [9.17, 15) is 9.18 Å². The fraction of sp³-hybridized carbons (Fsp3) is 0.375. The number of carbonyl (C=O) groups excluding carboxylic acids is 1. The van der Waals surface area contributed by atoms with Gasteiger partial charge in [0.25, 0.3) is 0 Å². The number of aromatic amines is 1. The van der Waals surface area contributed by atoms with E-state index in [0.717, 1.165) is 40.6 Å². The predicted molar refractivity (Wildman–Crippen MR) is 113 cm³/mol. The number of aromatic nitrogens is 1. The highest BCUT2D eigenvalue weighted by Gasteiger charge is 2.35. The van der Waals surface area contributed by atoms with Crippen LogP contribution in [0.2, 0.25) is 0 Å². The summed E-state index contributed by atoms with van der Waals surface area (Å²) in [5.41, 5.74) is 4.06. The van der Waals surface area contributed by atoms with Crippen LogP contribution >= 0.6 is 0 Å². The number of amides is 1. The number of hydrogen-bond acceptors (Lipinski definition) is 2. The van der Waals surface area contributed by atoms with Gasteiger partial charge in [-0.2, -0.15) is 0 Å². The summed E-state index contributed by atoms with van der Waals surface area (Å²) in [6.07, 6.45) is 2.35. The smallest absolute Gasteiger partial charge is 0.223 e. The molecule has 0 aliphatic carbocycles. The number of rotatable bonds is 7. The van der Waals surface area contributed by atoms with Gasteiger partial charge >= 0.3 is 0 Å². The summed E-state index contributed by atoms with van der Waals surface area (Å²) in [6, 6.07) is 14.7. The first-order valence-corrected chi connectivity index (χ1v) is 10.3. The Morgan fingerprint density at radius 3 is 2.69 bits per heavy atom. The number of para-hydroxylation sites is 1. The maximum Gasteiger partial charge on any atom is 0.223 e. The van der Waals surface area contributed by atoms with Gasteiger partial charge < -0.3 is 14.6 Å². The van der Waals surface area contributed by atoms with Crippen molar-refractivity contribution in [2.45, 2.75) is 45.3 Å². The van der Waals surface area contributed by atoms with Crippen molar-refractivity contribution in [2.24, 2.45) is 0 Å². The molecule has 4 nitrogen and oxygen atoms in total. The maximum absolute atomic E-state index is 13.5. The molecule has 1 N–H and O–H groups in total. The highest BCUT2D eigenvalue weighted by atomic mass is 19.1. The minimum absolute atomic E-state index is 0.0118. The minimum Gasteiger partial charge on any atom is -0.379 e. The van der Waals surface area contributed by atoms with Crippen LogP contribution in [0.4, 0.5) is 4.39 Å². The molecular formula is C24H27FN2O2. The molecule has 0 unspecified atom stereocenters. The Morgan fingerprint density at radius 1 is 1.17 bits per heavy atom. The average molecular weight is 394 g/mol. The van der Waals surface area contributed by atoms with Crippen molar-refractivity contribution in [3.8, 4) is 11.3 Å². The van der Waals surface area contributed by atoms with Crippen LogP contribution in [0.15, 0.2) is 48.5 Å². The molecule has 1 fully saturated rings. The number of likely N-dealkylation sites (tertiary alicyclic amines) is 1. The number of halogens is 1. The third-order valence-electron chi connectivity index (χ3n) is 5.54. The second-order valence-corrected chi connectivity index (χ2v) is 7.88. The molecule has 0 spiro atoms. The molecule has 2 heterocycles. The van der Waals surface area contributed by atoms with Crippen molar-refractivity contribution < 1.29 is 13.9 Å². The van der Waals surface area contributed by atoms with E-state index in [-0.39, 0.29) is 23.9 Å². The monoisotopic (exact) mass is 394 g/mol. The van der Waals surface area contributed by atoms with Crippen LogP contribution in [0, 0.1) is 5.82 Å². The van der Waals surface area contributed by atoms with Gasteiger partial charge in [-0.1, -0.05) is 18.2 Å². The molecule has 29 heavy (non-hydrogen) atoms. The molecule has 1 aliphatic rings. The Kier molecular flexibility index (Phi) is 5.67. The third-order valence-corrected chi connectivity index (χ3v) is 5.54. The van der Waals surface area contributed by atoms with Crippen molar-refractivity contribution in [1.82, 2.24) is 9.88 Å². The van der Waals surface area contributed by atoms with Gasteiger partial charge in [0.2, 0.25) is 5.91 Å². The van der Waals surface area contributed by atoms with E-state index in [0.29, 0.717) is 19.6 Å². The van der Waals surface area contributed by atoms with E-state index < -0.39 is 0 Å². The Balaban J connectivity index is 1.70. The van der Waals surface area contributed by atoms with Gasteiger partial charge in [0, 0.05) is 36.0 Å². The lowest BCUT2D eigenvalue weighted by molar-refractivity contribution is -0.129. The predicted octanol–water partition coefficient (Wildman–Crippen LogP) is 5.45. The molecule has 2 aromatic carbocycles. The zero-order valence-electron chi connectivity index (χ0n) is 17.0. The first kappa shape index (κ1) is 19.6. The average Bonchev–Trinajstić information content (AvgIpc) is 3.26. The number of nitrogens with zero attached hydrogens (tertiary/aromatic N) is 1. The van der Waals surface area contributed by atoms with Gasteiger partial charge in [-0.15, -0.1) is 0 Å². The number of hydrogen-bond donors (Lipinski definition) is 1. The van der Waals surface area contributed by atoms with Crippen molar-refractivity contribution >= 4 is 16.8 Å². The second-order valence-electron chi connectivity index (χ2n) is 7.88. The van der Waals surface area contributed by atoms with Gasteiger partial charge in [0.15, 0.2) is 0 Å². The zero-order chi connectivity index (χ0) is 20.4. The Morgan fingerprint density at radius 2 is 1.93 bits per heavy atom. The van der Waals surface area contributed by atoms with Crippen molar-refractivity contribution in [3.63, 3.8) is 0 Å². The molecule has 4 rings (SSSR count). The molecule has 1 aliphatic heterocycles. The molecule has 1 aromatic heterocycles. The summed E-state index contributed by atoms with van der Waals surface area (Å²) in [4.78, 5) is 18.2. The minimum atomic E-state index is -0.255. The number of carbonyl (C=O) groups is 1. The first-order valence-electron chi connectivity index (χ1n) is 10.3. The van der Waals surface area contributed by atoms with Gasteiger partial charge in [0.1, 0.15) is 5.82 Å². The van der Waals surface area contributed by atoms with Crippen LogP contribution in [-0.4, -0.2) is 35.0 Å². The maximum atomic E-state index is 13.5. The molecule has 152 valence electrons. The quantitative estimate of drug-likeness (QED) is 0.542. The summed E-state index contributed by atoms with van der Waals surface area (Å²) < 4.78 is 19.1. The van der Waals surface area contributed by atoms with Crippen molar-refractivity contribution in [1.29, 1.82) is 0 Å². The highest BCUT2D eigenvalue weighted by molar-refractivity contribution is 5.92. The first-order chi connectivity index (χ1) is 14.0. The topological polar surface area (TPSA) is 45.3 Å². The molecule has 3 aromatic rings. The van der Waals surface area contributed by atoms with E-state index in [4.69, 9.17) is 4.74 Å². The Hall–Kier alpha value is -2.66. The zero-order valence-corrected chi connectivity index (χ0v) is 17.0. The van der Waals surface area contributed by atoms with Gasteiger partial charge in [-0.05, 0) is 62.6 Å². The summed E-state index contributed by atoms with van der Waals surface area (Å²) >= 11 is 0.